The second kappa shape index (κ2) is 7.81. The van der Waals surface area contributed by atoms with Gasteiger partial charge in [-0.15, -0.1) is 0 Å². The summed E-state index contributed by atoms with van der Waals surface area (Å²) in [7, 11) is 1.38. The van der Waals surface area contributed by atoms with E-state index < -0.39 is 5.82 Å². The summed E-state index contributed by atoms with van der Waals surface area (Å²) in [6.45, 7) is 6.22. The number of benzene rings is 2. The van der Waals surface area contributed by atoms with E-state index in [0.717, 1.165) is 17.4 Å². The minimum atomic E-state index is -0.566. The first-order valence-corrected chi connectivity index (χ1v) is 7.75. The van der Waals surface area contributed by atoms with Crippen LogP contribution in [0.4, 0.5) is 4.39 Å². The Balaban J connectivity index is 1.91. The van der Waals surface area contributed by atoms with Crippen LogP contribution in [0.1, 0.15) is 28.4 Å². The molecule has 0 aliphatic carbocycles. The summed E-state index contributed by atoms with van der Waals surface area (Å²) in [5.74, 6) is -0.0516. The molecule has 0 spiro atoms. The SMILES string of the molecule is COc1ccc(C(=O)N[C@@H](C)COc2ccc(C)c(C)c2)cc1F. The number of carbonyl (C=O) groups excluding carboxylic acids is 1. The maximum absolute atomic E-state index is 13.7. The van der Waals surface area contributed by atoms with Gasteiger partial charge in [-0.1, -0.05) is 6.07 Å². The van der Waals surface area contributed by atoms with E-state index in [9.17, 15) is 9.18 Å². The summed E-state index contributed by atoms with van der Waals surface area (Å²) >= 11 is 0. The smallest absolute Gasteiger partial charge is 0.251 e. The third-order valence-electron chi connectivity index (χ3n) is 3.77. The van der Waals surface area contributed by atoms with Crippen LogP contribution in [-0.2, 0) is 0 Å². The van der Waals surface area contributed by atoms with Crippen LogP contribution < -0.4 is 14.8 Å². The minimum Gasteiger partial charge on any atom is -0.494 e. The number of methoxy groups -OCH3 is 1. The van der Waals surface area contributed by atoms with Gasteiger partial charge < -0.3 is 14.8 Å². The molecule has 0 aliphatic rings. The molecule has 0 fully saturated rings. The molecule has 128 valence electrons. The van der Waals surface area contributed by atoms with Crippen molar-refractivity contribution in [2.75, 3.05) is 13.7 Å². The van der Waals surface area contributed by atoms with Crippen LogP contribution in [0.25, 0.3) is 0 Å². The topological polar surface area (TPSA) is 47.6 Å². The van der Waals surface area contributed by atoms with E-state index in [1.165, 1.54) is 24.8 Å². The Hall–Kier alpha value is -2.56. The number of amides is 1. The number of nitrogens with one attached hydrogen (secondary N) is 1. The van der Waals surface area contributed by atoms with Gasteiger partial charge in [-0.2, -0.15) is 0 Å². The van der Waals surface area contributed by atoms with Crippen LogP contribution in [0.15, 0.2) is 36.4 Å². The Bertz CT molecular complexity index is 731. The van der Waals surface area contributed by atoms with E-state index in [-0.39, 0.29) is 23.3 Å². The van der Waals surface area contributed by atoms with Crippen molar-refractivity contribution in [3.63, 3.8) is 0 Å². The minimum absolute atomic E-state index is 0.109. The Morgan fingerprint density at radius 1 is 1.17 bits per heavy atom. The molecular formula is C19H22FNO3. The molecule has 2 aromatic rings. The normalized spacial score (nSPS) is 11.7. The molecule has 2 aromatic carbocycles. The van der Waals surface area contributed by atoms with Crippen molar-refractivity contribution in [2.24, 2.45) is 0 Å². The number of halogens is 1. The Kier molecular flexibility index (Phi) is 5.79. The van der Waals surface area contributed by atoms with Gasteiger partial charge in [0.1, 0.15) is 12.4 Å². The van der Waals surface area contributed by atoms with E-state index in [1.807, 2.05) is 39.0 Å². The molecule has 1 atom stereocenters. The van der Waals surface area contributed by atoms with E-state index in [0.29, 0.717) is 6.61 Å². The number of carbonyl (C=O) groups is 1. The number of rotatable bonds is 6. The molecule has 0 aromatic heterocycles. The lowest BCUT2D eigenvalue weighted by Crippen LogP contribution is -2.36. The molecule has 0 bridgehead atoms. The zero-order valence-corrected chi connectivity index (χ0v) is 14.4. The van der Waals surface area contributed by atoms with Crippen molar-refractivity contribution in [3.05, 3.63) is 58.9 Å². The zero-order valence-electron chi connectivity index (χ0n) is 14.4. The van der Waals surface area contributed by atoms with Gasteiger partial charge in [-0.25, -0.2) is 4.39 Å². The lowest BCUT2D eigenvalue weighted by Gasteiger charge is -2.16. The van der Waals surface area contributed by atoms with Crippen LogP contribution in [0, 0.1) is 19.7 Å². The Morgan fingerprint density at radius 3 is 2.54 bits per heavy atom. The average molecular weight is 331 g/mol. The maximum atomic E-state index is 13.7. The number of hydrogen-bond donors (Lipinski definition) is 1. The van der Waals surface area contributed by atoms with Crippen LogP contribution in [0.5, 0.6) is 11.5 Å². The molecule has 5 heteroatoms. The standard InChI is InChI=1S/C19H22FNO3/c1-12-5-7-16(9-13(12)2)24-11-14(3)21-19(22)15-6-8-18(23-4)17(20)10-15/h5-10,14H,11H2,1-4H3,(H,21,22)/t14-/m0/s1. The molecule has 0 unspecified atom stereocenters. The van der Waals surface area contributed by atoms with Gasteiger partial charge in [0.05, 0.1) is 13.2 Å². The lowest BCUT2D eigenvalue weighted by atomic mass is 10.1. The Morgan fingerprint density at radius 2 is 1.92 bits per heavy atom. The molecule has 24 heavy (non-hydrogen) atoms. The van der Waals surface area contributed by atoms with Gasteiger partial charge in [0, 0.05) is 5.56 Å². The molecule has 4 nitrogen and oxygen atoms in total. The first-order valence-electron chi connectivity index (χ1n) is 7.75. The van der Waals surface area contributed by atoms with Crippen molar-refractivity contribution in [1.29, 1.82) is 0 Å². The van der Waals surface area contributed by atoms with Crippen molar-refractivity contribution >= 4 is 5.91 Å². The maximum Gasteiger partial charge on any atom is 0.251 e. The monoisotopic (exact) mass is 331 g/mol. The highest BCUT2D eigenvalue weighted by Crippen LogP contribution is 2.18. The van der Waals surface area contributed by atoms with Crippen LogP contribution in [0.3, 0.4) is 0 Å². The fraction of sp³-hybridized carbons (Fsp3) is 0.316. The lowest BCUT2D eigenvalue weighted by molar-refractivity contribution is 0.0926. The molecule has 0 radical (unpaired) electrons. The summed E-state index contributed by atoms with van der Waals surface area (Å²) in [6.07, 6.45) is 0. The van der Waals surface area contributed by atoms with Gasteiger partial charge in [-0.3, -0.25) is 4.79 Å². The number of ether oxygens (including phenoxy) is 2. The molecule has 0 saturated carbocycles. The van der Waals surface area contributed by atoms with Crippen molar-refractivity contribution in [1.82, 2.24) is 5.32 Å². The van der Waals surface area contributed by atoms with Crippen molar-refractivity contribution in [2.45, 2.75) is 26.8 Å². The first kappa shape index (κ1) is 17.8. The first-order chi connectivity index (χ1) is 11.4. The van der Waals surface area contributed by atoms with Gasteiger partial charge in [0.2, 0.25) is 0 Å². The van der Waals surface area contributed by atoms with Crippen molar-refractivity contribution < 1.29 is 18.7 Å². The summed E-state index contributed by atoms with van der Waals surface area (Å²) in [6, 6.07) is 9.75. The highest BCUT2D eigenvalue weighted by Gasteiger charge is 2.13. The molecule has 1 N–H and O–H groups in total. The van der Waals surface area contributed by atoms with Crippen LogP contribution >= 0.6 is 0 Å². The molecule has 0 saturated heterocycles. The second-order valence-corrected chi connectivity index (χ2v) is 5.78. The fourth-order valence-corrected chi connectivity index (χ4v) is 2.18. The van der Waals surface area contributed by atoms with E-state index in [4.69, 9.17) is 9.47 Å². The predicted octanol–water partition coefficient (Wildman–Crippen LogP) is 3.65. The predicted molar refractivity (Wildman–Crippen MR) is 91.3 cm³/mol. The Labute approximate surface area is 141 Å². The highest BCUT2D eigenvalue weighted by molar-refractivity contribution is 5.94. The summed E-state index contributed by atoms with van der Waals surface area (Å²) in [5, 5.41) is 2.79. The van der Waals surface area contributed by atoms with Crippen LogP contribution in [0.2, 0.25) is 0 Å². The summed E-state index contributed by atoms with van der Waals surface area (Å²) in [4.78, 5) is 12.1. The third-order valence-corrected chi connectivity index (χ3v) is 3.77. The quantitative estimate of drug-likeness (QED) is 0.879. The van der Waals surface area contributed by atoms with Gasteiger partial charge in [0.25, 0.3) is 5.91 Å². The molecule has 0 heterocycles. The second-order valence-electron chi connectivity index (χ2n) is 5.78. The van der Waals surface area contributed by atoms with Gasteiger partial charge in [0.15, 0.2) is 11.6 Å². The number of aryl methyl sites for hydroxylation is 2. The molecule has 1 amide bonds. The van der Waals surface area contributed by atoms with Crippen LogP contribution in [-0.4, -0.2) is 25.7 Å². The summed E-state index contributed by atoms with van der Waals surface area (Å²) in [5.41, 5.74) is 2.59. The van der Waals surface area contributed by atoms with Gasteiger partial charge in [-0.05, 0) is 62.2 Å². The average Bonchev–Trinajstić information content (AvgIpc) is 2.55. The van der Waals surface area contributed by atoms with Crippen molar-refractivity contribution in [3.8, 4) is 11.5 Å². The van der Waals surface area contributed by atoms with E-state index >= 15 is 0 Å². The molecule has 2 rings (SSSR count). The molecule has 0 aliphatic heterocycles. The summed E-state index contributed by atoms with van der Waals surface area (Å²) < 4.78 is 24.2. The zero-order chi connectivity index (χ0) is 17.7. The van der Waals surface area contributed by atoms with E-state index in [1.54, 1.807) is 0 Å². The largest absolute Gasteiger partial charge is 0.494 e. The third kappa shape index (κ3) is 4.47. The van der Waals surface area contributed by atoms with E-state index in [2.05, 4.69) is 5.32 Å². The molecular weight excluding hydrogens is 309 g/mol. The van der Waals surface area contributed by atoms with Gasteiger partial charge >= 0.3 is 0 Å². The fourth-order valence-electron chi connectivity index (χ4n) is 2.18. The highest BCUT2D eigenvalue weighted by atomic mass is 19.1. The number of hydrogen-bond acceptors (Lipinski definition) is 3.